The van der Waals surface area contributed by atoms with Crippen molar-refractivity contribution in [2.45, 2.75) is 25.8 Å². The Morgan fingerprint density at radius 1 is 1.12 bits per heavy atom. The zero-order valence-corrected chi connectivity index (χ0v) is 11.6. The van der Waals surface area contributed by atoms with E-state index in [0.29, 0.717) is 0 Å². The summed E-state index contributed by atoms with van der Waals surface area (Å²) in [6.45, 7) is 5.41. The predicted molar refractivity (Wildman–Crippen MR) is 62.1 cm³/mol. The predicted octanol–water partition coefficient (Wildman–Crippen LogP) is 4.15. The van der Waals surface area contributed by atoms with E-state index >= 15 is 0 Å². The highest BCUT2D eigenvalue weighted by Crippen LogP contribution is 2.31. The molecule has 16 heavy (non-hydrogen) atoms. The molecule has 0 heterocycles. The van der Waals surface area contributed by atoms with Gasteiger partial charge < -0.3 is 0 Å². The maximum Gasteiger partial charge on any atom is 0.416 e. The summed E-state index contributed by atoms with van der Waals surface area (Å²) in [5.74, 6) is -0.577. The second kappa shape index (κ2) is 4.14. The summed E-state index contributed by atoms with van der Waals surface area (Å²) in [5, 5.41) is 0.189. The highest BCUT2D eigenvalue weighted by molar-refractivity contribution is 9.10. The Morgan fingerprint density at radius 3 is 2.00 bits per heavy atom. The smallest absolute Gasteiger partial charge is 0.206 e. The minimum atomic E-state index is -4.44. The Hall–Kier alpha value is -0.363. The summed E-state index contributed by atoms with van der Waals surface area (Å²) >= 11 is 2.83. The molecule has 0 radical (unpaired) electrons. The minimum Gasteiger partial charge on any atom is -0.206 e. The van der Waals surface area contributed by atoms with Crippen LogP contribution in [0, 0.1) is 5.82 Å². The fourth-order valence-electron chi connectivity index (χ4n) is 1.30. The van der Waals surface area contributed by atoms with Crippen LogP contribution in [0.15, 0.2) is 16.6 Å². The number of benzene rings is 1. The number of halogens is 5. The molecule has 0 aromatic heterocycles. The molecule has 0 fully saturated rings. The molecule has 0 aliphatic carbocycles. The largest absolute Gasteiger partial charge is 0.416 e. The van der Waals surface area contributed by atoms with Crippen molar-refractivity contribution in [2.75, 3.05) is 0 Å². The number of alkyl halides is 3. The third kappa shape index (κ3) is 2.85. The first-order valence-electron chi connectivity index (χ1n) is 4.60. The van der Waals surface area contributed by atoms with Crippen LogP contribution in [-0.2, 0) is 6.18 Å². The molecule has 0 nitrogen and oxygen atoms in total. The van der Waals surface area contributed by atoms with Crippen molar-refractivity contribution in [1.82, 2.24) is 0 Å². The van der Waals surface area contributed by atoms with Crippen molar-refractivity contribution in [3.8, 4) is 0 Å². The highest BCUT2D eigenvalue weighted by Gasteiger charge is 2.34. The third-order valence-electron chi connectivity index (χ3n) is 2.16. The summed E-state index contributed by atoms with van der Waals surface area (Å²) < 4.78 is 51.2. The molecule has 1 rings (SSSR count). The molecule has 6 heteroatoms. The first-order chi connectivity index (χ1) is 7.03. The quantitative estimate of drug-likeness (QED) is 0.539. The maximum atomic E-state index is 13.7. The Labute approximate surface area is 101 Å². The molecule has 0 bridgehead atoms. The van der Waals surface area contributed by atoms with E-state index in [2.05, 4.69) is 15.9 Å². The molecule has 90 valence electrons. The standard InChI is InChI=1S/C10H11BrF4Si/c1-16(2,3)8-5-6(10(13,14)15)4-7(11)9(8)12/h4-5H,1-3H3. The van der Waals surface area contributed by atoms with Gasteiger partial charge in [-0.1, -0.05) is 19.6 Å². The highest BCUT2D eigenvalue weighted by atomic mass is 79.9. The minimum absolute atomic E-state index is 0.125. The van der Waals surface area contributed by atoms with Crippen LogP contribution in [0.3, 0.4) is 0 Å². The summed E-state index contributed by atoms with van der Waals surface area (Å²) in [5.41, 5.74) is -0.807. The first kappa shape index (κ1) is 13.7. The lowest BCUT2D eigenvalue weighted by atomic mass is 10.2. The van der Waals surface area contributed by atoms with Gasteiger partial charge in [-0.3, -0.25) is 0 Å². The zero-order valence-electron chi connectivity index (χ0n) is 9.04. The van der Waals surface area contributed by atoms with Crippen molar-refractivity contribution >= 4 is 29.2 Å². The van der Waals surface area contributed by atoms with Gasteiger partial charge in [-0.2, -0.15) is 13.2 Å². The summed E-state index contributed by atoms with van der Waals surface area (Å²) in [4.78, 5) is 0. The Kier molecular flexibility index (Phi) is 3.55. The molecule has 0 aliphatic heterocycles. The Morgan fingerprint density at radius 2 is 1.62 bits per heavy atom. The lowest BCUT2D eigenvalue weighted by molar-refractivity contribution is -0.137. The van der Waals surface area contributed by atoms with Gasteiger partial charge in [-0.05, 0) is 33.2 Å². The van der Waals surface area contributed by atoms with E-state index < -0.39 is 25.6 Å². The summed E-state index contributed by atoms with van der Waals surface area (Å²) in [6.07, 6.45) is -4.44. The molecule has 0 unspecified atom stereocenters. The lowest BCUT2D eigenvalue weighted by Gasteiger charge is -2.20. The van der Waals surface area contributed by atoms with Gasteiger partial charge >= 0.3 is 6.18 Å². The zero-order chi connectivity index (χ0) is 12.7. The molecule has 0 aliphatic rings. The van der Waals surface area contributed by atoms with Crippen LogP contribution in [0.25, 0.3) is 0 Å². The van der Waals surface area contributed by atoms with Gasteiger partial charge in [0, 0.05) is 0 Å². The molecular weight excluding hydrogens is 304 g/mol. The van der Waals surface area contributed by atoms with E-state index in [1.807, 2.05) is 0 Å². The lowest BCUT2D eigenvalue weighted by Crippen LogP contribution is -2.41. The second-order valence-corrected chi connectivity index (χ2v) is 10.5. The molecular formula is C10H11BrF4Si. The molecule has 0 amide bonds. The van der Waals surface area contributed by atoms with Gasteiger partial charge in [-0.25, -0.2) is 4.39 Å². The topological polar surface area (TPSA) is 0 Å². The van der Waals surface area contributed by atoms with E-state index in [1.54, 1.807) is 19.6 Å². The van der Waals surface area contributed by atoms with Gasteiger partial charge in [0.25, 0.3) is 0 Å². The van der Waals surface area contributed by atoms with Crippen LogP contribution in [0.4, 0.5) is 17.6 Å². The molecule has 0 N–H and O–H groups in total. The van der Waals surface area contributed by atoms with Crippen LogP contribution in [0.2, 0.25) is 19.6 Å². The number of hydrogen-bond acceptors (Lipinski definition) is 0. The summed E-state index contributed by atoms with van der Waals surface area (Å²) in [7, 11) is -2.12. The van der Waals surface area contributed by atoms with E-state index in [9.17, 15) is 17.6 Å². The van der Waals surface area contributed by atoms with Crippen LogP contribution in [-0.4, -0.2) is 8.07 Å². The third-order valence-corrected chi connectivity index (χ3v) is 4.72. The maximum absolute atomic E-state index is 13.7. The van der Waals surface area contributed by atoms with E-state index in [-0.39, 0.29) is 9.66 Å². The monoisotopic (exact) mass is 314 g/mol. The Balaban J connectivity index is 3.46. The van der Waals surface area contributed by atoms with E-state index in [4.69, 9.17) is 0 Å². The van der Waals surface area contributed by atoms with Crippen LogP contribution in [0.1, 0.15) is 5.56 Å². The van der Waals surface area contributed by atoms with Crippen molar-refractivity contribution in [1.29, 1.82) is 0 Å². The normalized spacial score (nSPS) is 13.0. The molecule has 1 aromatic rings. The van der Waals surface area contributed by atoms with Crippen molar-refractivity contribution in [3.05, 3.63) is 28.0 Å². The van der Waals surface area contributed by atoms with Gasteiger partial charge in [0.2, 0.25) is 0 Å². The second-order valence-electron chi connectivity index (χ2n) is 4.57. The fraction of sp³-hybridized carbons (Fsp3) is 0.400. The Bertz CT molecular complexity index is 407. The van der Waals surface area contributed by atoms with Gasteiger partial charge in [0.15, 0.2) is 0 Å². The van der Waals surface area contributed by atoms with Crippen molar-refractivity contribution in [2.24, 2.45) is 0 Å². The first-order valence-corrected chi connectivity index (χ1v) is 8.89. The fourth-order valence-corrected chi connectivity index (χ4v) is 3.32. The van der Waals surface area contributed by atoms with E-state index in [1.165, 1.54) is 0 Å². The number of hydrogen-bond donors (Lipinski definition) is 0. The average molecular weight is 315 g/mol. The van der Waals surface area contributed by atoms with Crippen molar-refractivity contribution in [3.63, 3.8) is 0 Å². The number of rotatable bonds is 1. The molecule has 0 spiro atoms. The van der Waals surface area contributed by atoms with Crippen LogP contribution in [0.5, 0.6) is 0 Å². The van der Waals surface area contributed by atoms with Gasteiger partial charge in [0.05, 0.1) is 18.1 Å². The van der Waals surface area contributed by atoms with Gasteiger partial charge in [0.1, 0.15) is 5.82 Å². The summed E-state index contributed by atoms with van der Waals surface area (Å²) in [6, 6.07) is 1.70. The molecule has 1 aromatic carbocycles. The van der Waals surface area contributed by atoms with E-state index in [0.717, 1.165) is 12.1 Å². The van der Waals surface area contributed by atoms with Crippen molar-refractivity contribution < 1.29 is 17.6 Å². The van der Waals surface area contributed by atoms with Crippen LogP contribution < -0.4 is 5.19 Å². The SMILES string of the molecule is C[Si](C)(C)c1cc(C(F)(F)F)cc(Br)c1F. The van der Waals surface area contributed by atoms with Gasteiger partial charge in [-0.15, -0.1) is 0 Å². The molecule has 0 atom stereocenters. The van der Waals surface area contributed by atoms with Crippen LogP contribution >= 0.6 is 15.9 Å². The molecule has 0 saturated heterocycles. The molecule has 0 saturated carbocycles. The average Bonchev–Trinajstić information content (AvgIpc) is 2.05.